The molecule has 0 atom stereocenters. The average molecular weight is 452 g/mol. The number of nitrogens with one attached hydrogen (secondary N) is 1. The molecule has 2 aromatic rings. The minimum Gasteiger partial charge on any atom is -0.493 e. The van der Waals surface area contributed by atoms with Gasteiger partial charge in [-0.1, -0.05) is 12.0 Å². The van der Waals surface area contributed by atoms with Crippen LogP contribution in [0.4, 0.5) is 18.9 Å². The van der Waals surface area contributed by atoms with Gasteiger partial charge in [0.15, 0.2) is 11.5 Å². The molecule has 1 aliphatic rings. The van der Waals surface area contributed by atoms with E-state index in [1.54, 1.807) is 18.2 Å². The van der Waals surface area contributed by atoms with Gasteiger partial charge in [-0.2, -0.15) is 13.2 Å². The van der Waals surface area contributed by atoms with Crippen molar-refractivity contribution in [2.75, 3.05) is 19.0 Å². The number of fused-ring (bicyclic) bond motifs is 1. The fourth-order valence-electron chi connectivity index (χ4n) is 2.76. The van der Waals surface area contributed by atoms with Gasteiger partial charge in [0.1, 0.15) is 6.61 Å². The van der Waals surface area contributed by atoms with Crippen molar-refractivity contribution >= 4 is 39.2 Å². The van der Waals surface area contributed by atoms with Gasteiger partial charge in [0.25, 0.3) is 5.91 Å². The van der Waals surface area contributed by atoms with Crippen molar-refractivity contribution in [3.63, 3.8) is 0 Å². The van der Waals surface area contributed by atoms with Crippen LogP contribution in [0.2, 0.25) is 0 Å². The largest absolute Gasteiger partial charge is 0.493 e. The lowest BCUT2D eigenvalue weighted by Crippen LogP contribution is -2.06. The summed E-state index contributed by atoms with van der Waals surface area (Å²) in [5.41, 5.74) is 0.517. The normalized spacial score (nSPS) is 14.4. The van der Waals surface area contributed by atoms with Crippen LogP contribution < -0.4 is 14.8 Å². The Bertz CT molecular complexity index is 1020. The Kier molecular flexibility index (Phi) is 5.38. The Morgan fingerprint density at radius 2 is 2.04 bits per heavy atom. The number of rotatable bonds is 4. The van der Waals surface area contributed by atoms with E-state index in [2.05, 4.69) is 27.2 Å². The molecule has 0 unspecified atom stereocenters. The fourth-order valence-corrected chi connectivity index (χ4v) is 3.33. The Morgan fingerprint density at radius 3 is 2.68 bits per heavy atom. The molecule has 0 spiro atoms. The number of alkyl halides is 3. The first-order valence-corrected chi connectivity index (χ1v) is 8.72. The van der Waals surface area contributed by atoms with Gasteiger partial charge in [-0.15, -0.1) is 6.42 Å². The molecule has 1 aliphatic heterocycles. The summed E-state index contributed by atoms with van der Waals surface area (Å²) in [4.78, 5) is 12.3. The number of benzene rings is 2. The number of terminal acetylenes is 1. The molecule has 1 amide bonds. The van der Waals surface area contributed by atoms with Gasteiger partial charge in [0, 0.05) is 16.8 Å². The molecular weight excluding hydrogens is 439 g/mol. The third-order valence-electron chi connectivity index (χ3n) is 3.99. The van der Waals surface area contributed by atoms with Gasteiger partial charge in [-0.05, 0) is 51.8 Å². The minimum atomic E-state index is -4.49. The molecule has 0 saturated heterocycles. The molecule has 4 nitrogen and oxygen atoms in total. The van der Waals surface area contributed by atoms with Gasteiger partial charge < -0.3 is 14.8 Å². The second kappa shape index (κ2) is 7.60. The van der Waals surface area contributed by atoms with Crippen LogP contribution in [0.1, 0.15) is 16.7 Å². The molecule has 3 rings (SSSR count). The maximum absolute atomic E-state index is 12.9. The highest BCUT2D eigenvalue weighted by Crippen LogP contribution is 2.40. The molecule has 0 fully saturated rings. The first-order valence-electron chi connectivity index (χ1n) is 7.93. The predicted octanol–water partition coefficient (Wildman–Crippen LogP) is 4.98. The van der Waals surface area contributed by atoms with Crippen molar-refractivity contribution < 1.29 is 27.4 Å². The number of amides is 1. The van der Waals surface area contributed by atoms with Gasteiger partial charge in [-0.3, -0.25) is 4.79 Å². The molecule has 8 heteroatoms. The maximum atomic E-state index is 12.9. The monoisotopic (exact) mass is 451 g/mol. The quantitative estimate of drug-likeness (QED) is 0.526. The molecule has 1 heterocycles. The minimum absolute atomic E-state index is 0.0483. The van der Waals surface area contributed by atoms with E-state index in [-0.39, 0.29) is 17.9 Å². The van der Waals surface area contributed by atoms with Crippen molar-refractivity contribution in [3.8, 4) is 23.8 Å². The third-order valence-corrected chi connectivity index (χ3v) is 4.58. The lowest BCUT2D eigenvalue weighted by molar-refractivity contribution is -0.137. The number of halogens is 4. The average Bonchev–Trinajstić information content (AvgIpc) is 2.94. The van der Waals surface area contributed by atoms with Crippen LogP contribution in [-0.4, -0.2) is 19.6 Å². The highest BCUT2D eigenvalue weighted by molar-refractivity contribution is 9.10. The molecule has 2 aromatic carbocycles. The number of carbonyl (C=O) groups excluding carboxylic acids is 1. The van der Waals surface area contributed by atoms with E-state index in [9.17, 15) is 18.0 Å². The van der Waals surface area contributed by atoms with Crippen molar-refractivity contribution in [3.05, 3.63) is 51.5 Å². The summed E-state index contributed by atoms with van der Waals surface area (Å²) in [7, 11) is 1.46. The molecule has 28 heavy (non-hydrogen) atoms. The third kappa shape index (κ3) is 3.85. The highest BCUT2D eigenvalue weighted by atomic mass is 79.9. The van der Waals surface area contributed by atoms with E-state index in [0.29, 0.717) is 27.1 Å². The van der Waals surface area contributed by atoms with Gasteiger partial charge in [-0.25, -0.2) is 0 Å². The molecule has 1 N–H and O–H groups in total. The molecule has 0 saturated carbocycles. The molecule has 0 bridgehead atoms. The second-order valence-corrected chi connectivity index (χ2v) is 6.65. The van der Waals surface area contributed by atoms with Crippen LogP contribution in [-0.2, 0) is 11.0 Å². The Hall–Kier alpha value is -2.92. The summed E-state index contributed by atoms with van der Waals surface area (Å²) < 4.78 is 49.9. The highest BCUT2D eigenvalue weighted by Gasteiger charge is 2.33. The zero-order chi connectivity index (χ0) is 20.5. The van der Waals surface area contributed by atoms with Crippen molar-refractivity contribution in [2.24, 2.45) is 0 Å². The van der Waals surface area contributed by atoms with Gasteiger partial charge in [0.05, 0.1) is 17.1 Å². The van der Waals surface area contributed by atoms with Crippen molar-refractivity contribution in [1.29, 1.82) is 0 Å². The Labute approximate surface area is 167 Å². The molecular formula is C20H13BrF3NO3. The van der Waals surface area contributed by atoms with Crippen molar-refractivity contribution in [2.45, 2.75) is 6.18 Å². The zero-order valence-electron chi connectivity index (χ0n) is 14.5. The van der Waals surface area contributed by atoms with Crippen LogP contribution >= 0.6 is 15.9 Å². The Morgan fingerprint density at radius 1 is 1.29 bits per heavy atom. The first kappa shape index (κ1) is 19.8. The molecule has 0 aliphatic carbocycles. The van der Waals surface area contributed by atoms with Gasteiger partial charge in [0.2, 0.25) is 0 Å². The Balaban J connectivity index is 2.02. The van der Waals surface area contributed by atoms with E-state index in [4.69, 9.17) is 15.9 Å². The van der Waals surface area contributed by atoms with E-state index in [1.807, 2.05) is 0 Å². The first-order chi connectivity index (χ1) is 13.2. The summed E-state index contributed by atoms with van der Waals surface area (Å²) >= 11 is 3.37. The van der Waals surface area contributed by atoms with Crippen LogP contribution in [0.25, 0.3) is 11.6 Å². The van der Waals surface area contributed by atoms with Crippen LogP contribution in [0.15, 0.2) is 34.8 Å². The van der Waals surface area contributed by atoms with Crippen molar-refractivity contribution in [1.82, 2.24) is 0 Å². The maximum Gasteiger partial charge on any atom is 0.416 e. The summed E-state index contributed by atoms with van der Waals surface area (Å²) in [5.74, 6) is 2.67. The molecule has 0 radical (unpaired) electrons. The van der Waals surface area contributed by atoms with E-state index in [0.717, 1.165) is 12.1 Å². The zero-order valence-corrected chi connectivity index (χ0v) is 16.1. The van der Waals surface area contributed by atoms with E-state index in [1.165, 1.54) is 13.2 Å². The smallest absolute Gasteiger partial charge is 0.416 e. The van der Waals surface area contributed by atoms with Crippen LogP contribution in [0.3, 0.4) is 0 Å². The summed E-state index contributed by atoms with van der Waals surface area (Å²) in [6.07, 6.45) is 2.27. The molecule has 144 valence electrons. The SMILES string of the molecule is C#CCOc1c(Br)cc(/C=C2\C(=O)Nc3cc(C(F)(F)F)ccc32)cc1OC. The number of hydrogen-bond donors (Lipinski definition) is 1. The number of ether oxygens (including phenoxy) is 2. The van der Waals surface area contributed by atoms with Gasteiger partial charge >= 0.3 is 6.18 Å². The number of anilines is 1. The standard InChI is InChI=1S/C20H13BrF3NO3/c1-3-6-28-18-15(21)8-11(9-17(18)27-2)7-14-13-5-4-12(20(22,23)24)10-16(13)25-19(14)26/h1,4-5,7-10H,6H2,2H3,(H,25,26)/b14-7-. The number of carbonyl (C=O) groups is 1. The summed E-state index contributed by atoms with van der Waals surface area (Å²) in [6.45, 7) is 0.0483. The number of methoxy groups -OCH3 is 1. The van der Waals surface area contributed by atoms with Crippen LogP contribution in [0.5, 0.6) is 11.5 Å². The molecule has 0 aromatic heterocycles. The lowest BCUT2D eigenvalue weighted by atomic mass is 10.0. The fraction of sp³-hybridized carbons (Fsp3) is 0.150. The van der Waals surface area contributed by atoms with Crippen LogP contribution in [0, 0.1) is 12.3 Å². The lowest BCUT2D eigenvalue weighted by Gasteiger charge is -2.12. The van der Waals surface area contributed by atoms with E-state index >= 15 is 0 Å². The second-order valence-electron chi connectivity index (χ2n) is 5.80. The number of hydrogen-bond acceptors (Lipinski definition) is 3. The summed E-state index contributed by atoms with van der Waals surface area (Å²) in [5, 5.41) is 2.47. The topological polar surface area (TPSA) is 47.6 Å². The summed E-state index contributed by atoms with van der Waals surface area (Å²) in [6, 6.07) is 6.47. The predicted molar refractivity (Wildman–Crippen MR) is 103 cm³/mol. The van der Waals surface area contributed by atoms with E-state index < -0.39 is 17.6 Å².